The molecule has 2 nitrogen and oxygen atoms in total. The van der Waals surface area contributed by atoms with Crippen molar-refractivity contribution in [2.45, 2.75) is 19.4 Å². The number of hydrogen-bond acceptors (Lipinski definition) is 2. The zero-order valence-electron chi connectivity index (χ0n) is 10.7. The molecular formula is C15H16F2N2. The molecule has 3 N–H and O–H groups in total. The number of halogens is 2. The van der Waals surface area contributed by atoms with Gasteiger partial charge in [-0.15, -0.1) is 0 Å². The van der Waals surface area contributed by atoms with E-state index < -0.39 is 11.6 Å². The molecule has 0 spiro atoms. The molecule has 0 amide bonds. The smallest absolute Gasteiger partial charge is 0.183 e. The minimum Gasteiger partial charge on any atom is -0.397 e. The van der Waals surface area contributed by atoms with Crippen molar-refractivity contribution >= 4 is 11.4 Å². The number of benzene rings is 2. The van der Waals surface area contributed by atoms with E-state index in [0.29, 0.717) is 6.42 Å². The van der Waals surface area contributed by atoms with Crippen LogP contribution in [0.5, 0.6) is 0 Å². The van der Waals surface area contributed by atoms with E-state index in [2.05, 4.69) is 5.32 Å². The topological polar surface area (TPSA) is 38.0 Å². The van der Waals surface area contributed by atoms with Crippen LogP contribution in [-0.2, 0) is 6.42 Å². The van der Waals surface area contributed by atoms with Gasteiger partial charge in [-0.2, -0.15) is 0 Å². The molecular weight excluding hydrogens is 246 g/mol. The maximum atomic E-state index is 13.6. The van der Waals surface area contributed by atoms with E-state index in [9.17, 15) is 8.78 Å². The van der Waals surface area contributed by atoms with E-state index in [1.807, 2.05) is 37.3 Å². The molecule has 4 heteroatoms. The van der Waals surface area contributed by atoms with E-state index in [1.54, 1.807) is 0 Å². The maximum Gasteiger partial charge on any atom is 0.183 e. The Labute approximate surface area is 111 Å². The van der Waals surface area contributed by atoms with Crippen molar-refractivity contribution < 1.29 is 8.78 Å². The van der Waals surface area contributed by atoms with Gasteiger partial charge in [-0.25, -0.2) is 8.78 Å². The molecule has 1 unspecified atom stereocenters. The van der Waals surface area contributed by atoms with Gasteiger partial charge >= 0.3 is 0 Å². The first kappa shape index (κ1) is 13.3. The van der Waals surface area contributed by atoms with Gasteiger partial charge in [0.15, 0.2) is 11.6 Å². The van der Waals surface area contributed by atoms with Gasteiger partial charge in [0.05, 0.1) is 11.4 Å². The fraction of sp³-hybridized carbons (Fsp3) is 0.200. The van der Waals surface area contributed by atoms with Crippen LogP contribution in [0.4, 0.5) is 20.2 Å². The summed E-state index contributed by atoms with van der Waals surface area (Å²) in [7, 11) is 0. The predicted molar refractivity (Wildman–Crippen MR) is 74.0 cm³/mol. The van der Waals surface area contributed by atoms with Gasteiger partial charge in [0.1, 0.15) is 0 Å². The molecule has 0 aliphatic heterocycles. The van der Waals surface area contributed by atoms with Crippen LogP contribution in [0.2, 0.25) is 0 Å². The van der Waals surface area contributed by atoms with E-state index in [0.717, 1.165) is 11.6 Å². The number of nitrogens with two attached hydrogens (primary N) is 1. The van der Waals surface area contributed by atoms with E-state index >= 15 is 0 Å². The van der Waals surface area contributed by atoms with Gasteiger partial charge < -0.3 is 11.1 Å². The number of rotatable bonds is 4. The van der Waals surface area contributed by atoms with Gasteiger partial charge in [-0.3, -0.25) is 0 Å². The largest absolute Gasteiger partial charge is 0.397 e. The summed E-state index contributed by atoms with van der Waals surface area (Å²) in [6, 6.07) is 12.1. The Morgan fingerprint density at radius 3 is 2.47 bits per heavy atom. The summed E-state index contributed by atoms with van der Waals surface area (Å²) in [5, 5.41) is 2.93. The standard InChI is InChI=1S/C15H16F2N2/c1-10(9-11-5-3-2-4-6-11)19-15-13(18)8-7-12(16)14(15)17/h2-8,10,19H,9,18H2,1H3. The van der Waals surface area contributed by atoms with Gasteiger partial charge in [0.25, 0.3) is 0 Å². The van der Waals surface area contributed by atoms with Crippen molar-refractivity contribution in [1.29, 1.82) is 0 Å². The summed E-state index contributed by atoms with van der Waals surface area (Å²) in [5.41, 5.74) is 7.02. The highest BCUT2D eigenvalue weighted by atomic mass is 19.2. The molecule has 0 aliphatic rings. The second kappa shape index (κ2) is 5.69. The number of nitrogen functional groups attached to an aromatic ring is 1. The Morgan fingerprint density at radius 1 is 1.11 bits per heavy atom. The van der Waals surface area contributed by atoms with Crippen LogP contribution in [-0.4, -0.2) is 6.04 Å². The van der Waals surface area contributed by atoms with E-state index in [4.69, 9.17) is 5.73 Å². The third-order valence-electron chi connectivity index (χ3n) is 2.90. The SMILES string of the molecule is CC(Cc1ccccc1)Nc1c(N)ccc(F)c1F. The van der Waals surface area contributed by atoms with Crippen molar-refractivity contribution in [3.05, 3.63) is 59.7 Å². The zero-order valence-corrected chi connectivity index (χ0v) is 10.7. The van der Waals surface area contributed by atoms with Gasteiger partial charge in [-0.05, 0) is 31.0 Å². The summed E-state index contributed by atoms with van der Waals surface area (Å²) in [6.45, 7) is 1.90. The zero-order chi connectivity index (χ0) is 13.8. The molecule has 100 valence electrons. The minimum atomic E-state index is -0.931. The van der Waals surface area contributed by atoms with Crippen LogP contribution in [0.15, 0.2) is 42.5 Å². The van der Waals surface area contributed by atoms with Gasteiger partial charge in [0.2, 0.25) is 0 Å². The van der Waals surface area contributed by atoms with Crippen LogP contribution in [0, 0.1) is 11.6 Å². The first-order chi connectivity index (χ1) is 9.08. The molecule has 0 aromatic heterocycles. The van der Waals surface area contributed by atoms with Crippen molar-refractivity contribution in [2.75, 3.05) is 11.1 Å². The molecule has 2 aromatic carbocycles. The number of nitrogens with one attached hydrogen (secondary N) is 1. The average Bonchev–Trinajstić information content (AvgIpc) is 2.40. The monoisotopic (exact) mass is 262 g/mol. The van der Waals surface area contributed by atoms with E-state index in [1.165, 1.54) is 6.07 Å². The van der Waals surface area contributed by atoms with Crippen LogP contribution >= 0.6 is 0 Å². The summed E-state index contributed by atoms with van der Waals surface area (Å²) in [6.07, 6.45) is 0.705. The molecule has 0 heterocycles. The lowest BCUT2D eigenvalue weighted by molar-refractivity contribution is 0.510. The molecule has 2 aromatic rings. The summed E-state index contributed by atoms with van der Waals surface area (Å²) in [5.74, 6) is -1.83. The quantitative estimate of drug-likeness (QED) is 0.826. The Hall–Kier alpha value is -2.10. The normalized spacial score (nSPS) is 12.2. The van der Waals surface area contributed by atoms with Gasteiger partial charge in [0, 0.05) is 6.04 Å². The molecule has 1 atom stereocenters. The highest BCUT2D eigenvalue weighted by Crippen LogP contribution is 2.25. The summed E-state index contributed by atoms with van der Waals surface area (Å²) >= 11 is 0. The lowest BCUT2D eigenvalue weighted by atomic mass is 10.1. The van der Waals surface area contributed by atoms with Crippen molar-refractivity contribution in [3.63, 3.8) is 0 Å². The highest BCUT2D eigenvalue weighted by molar-refractivity contribution is 5.67. The van der Waals surface area contributed by atoms with Crippen LogP contribution in [0.25, 0.3) is 0 Å². The van der Waals surface area contributed by atoms with Crippen molar-refractivity contribution in [2.24, 2.45) is 0 Å². The molecule has 2 rings (SSSR count). The molecule has 0 radical (unpaired) electrons. The minimum absolute atomic E-state index is 0.0310. The van der Waals surface area contributed by atoms with Crippen LogP contribution in [0.1, 0.15) is 12.5 Å². The summed E-state index contributed by atoms with van der Waals surface area (Å²) in [4.78, 5) is 0. The van der Waals surface area contributed by atoms with Crippen molar-refractivity contribution in [3.8, 4) is 0 Å². The Kier molecular flexibility index (Phi) is 4.00. The fourth-order valence-electron chi connectivity index (χ4n) is 1.98. The summed E-state index contributed by atoms with van der Waals surface area (Å²) < 4.78 is 26.8. The van der Waals surface area contributed by atoms with Crippen LogP contribution in [0.3, 0.4) is 0 Å². The Bertz CT molecular complexity index is 556. The van der Waals surface area contributed by atoms with Gasteiger partial charge in [-0.1, -0.05) is 30.3 Å². The van der Waals surface area contributed by atoms with Crippen molar-refractivity contribution in [1.82, 2.24) is 0 Å². The number of anilines is 2. The second-order valence-corrected chi connectivity index (χ2v) is 4.56. The highest BCUT2D eigenvalue weighted by Gasteiger charge is 2.14. The maximum absolute atomic E-state index is 13.6. The molecule has 0 saturated carbocycles. The Balaban J connectivity index is 2.11. The first-order valence-corrected chi connectivity index (χ1v) is 6.12. The average molecular weight is 262 g/mol. The fourth-order valence-corrected chi connectivity index (χ4v) is 1.98. The second-order valence-electron chi connectivity index (χ2n) is 4.56. The Morgan fingerprint density at radius 2 is 1.79 bits per heavy atom. The lowest BCUT2D eigenvalue weighted by Crippen LogP contribution is -2.20. The third-order valence-corrected chi connectivity index (χ3v) is 2.90. The number of hydrogen-bond donors (Lipinski definition) is 2. The molecule has 19 heavy (non-hydrogen) atoms. The first-order valence-electron chi connectivity index (χ1n) is 6.12. The third kappa shape index (κ3) is 3.22. The molecule has 0 fully saturated rings. The molecule has 0 saturated heterocycles. The molecule has 0 aliphatic carbocycles. The predicted octanol–water partition coefficient (Wildman–Crippen LogP) is 3.59. The van der Waals surface area contributed by atoms with E-state index in [-0.39, 0.29) is 17.4 Å². The molecule has 0 bridgehead atoms. The lowest BCUT2D eigenvalue weighted by Gasteiger charge is -2.17. The van der Waals surface area contributed by atoms with Crippen LogP contribution < -0.4 is 11.1 Å².